The molecule has 0 spiro atoms. The highest BCUT2D eigenvalue weighted by atomic mass is 16.5. The van der Waals surface area contributed by atoms with E-state index in [2.05, 4.69) is 12.3 Å². The van der Waals surface area contributed by atoms with Crippen LogP contribution >= 0.6 is 0 Å². The van der Waals surface area contributed by atoms with Crippen molar-refractivity contribution in [1.82, 2.24) is 0 Å². The third-order valence-electron chi connectivity index (χ3n) is 3.86. The normalized spacial score (nSPS) is 36.1. The highest BCUT2D eigenvalue weighted by Crippen LogP contribution is 2.37. The average molecular weight is 208 g/mol. The lowest BCUT2D eigenvalue weighted by Gasteiger charge is -2.26. The highest BCUT2D eigenvalue weighted by molar-refractivity contribution is 4.96. The Labute approximate surface area is 91.6 Å². The predicted molar refractivity (Wildman–Crippen MR) is 59.7 cm³/mol. The largest absolute Gasteiger partial charge is 0.502 e. The van der Waals surface area contributed by atoms with Crippen LogP contribution in [-0.2, 0) is 4.74 Å². The van der Waals surface area contributed by atoms with Crippen LogP contribution in [0.5, 0.6) is 0 Å². The van der Waals surface area contributed by atoms with Crippen LogP contribution in [0.25, 0.3) is 0 Å². The summed E-state index contributed by atoms with van der Waals surface area (Å²) in [5, 5.41) is 9.56. The van der Waals surface area contributed by atoms with Crippen molar-refractivity contribution in [2.75, 3.05) is 6.61 Å². The van der Waals surface area contributed by atoms with Crippen LogP contribution < -0.4 is 0 Å². The maximum atomic E-state index is 9.56. The molecule has 2 heteroatoms. The number of hydrogen-bond acceptors (Lipinski definition) is 2. The van der Waals surface area contributed by atoms with Gasteiger partial charge in [-0.3, -0.25) is 0 Å². The van der Waals surface area contributed by atoms with Crippen molar-refractivity contribution in [2.24, 2.45) is 11.8 Å². The van der Waals surface area contributed by atoms with E-state index in [1.54, 1.807) is 0 Å². The Balaban J connectivity index is 1.96. The topological polar surface area (TPSA) is 29.5 Å². The molecule has 0 aromatic carbocycles. The zero-order chi connectivity index (χ0) is 10.7. The van der Waals surface area contributed by atoms with Gasteiger partial charge in [0.05, 0.1) is 6.61 Å². The second kappa shape index (κ2) is 4.87. The van der Waals surface area contributed by atoms with Gasteiger partial charge in [-0.25, -0.2) is 0 Å². The zero-order valence-corrected chi connectivity index (χ0v) is 9.24. The second-order valence-corrected chi connectivity index (χ2v) is 4.77. The number of aliphatic hydroxyl groups excluding tert-OH is 1. The fourth-order valence-electron chi connectivity index (χ4n) is 2.93. The van der Waals surface area contributed by atoms with Crippen LogP contribution in [0.15, 0.2) is 18.1 Å². The number of hydrogen-bond donors (Lipinski definition) is 1. The molecule has 0 aromatic heterocycles. The molecule has 2 rings (SSSR count). The molecular weight excluding hydrogens is 188 g/mol. The molecule has 1 aliphatic heterocycles. The van der Waals surface area contributed by atoms with Crippen LogP contribution in [0, 0.1) is 11.8 Å². The molecule has 0 bridgehead atoms. The Morgan fingerprint density at radius 3 is 2.53 bits per heavy atom. The van der Waals surface area contributed by atoms with Gasteiger partial charge in [0.2, 0.25) is 0 Å². The van der Waals surface area contributed by atoms with E-state index in [4.69, 9.17) is 4.74 Å². The number of ether oxygens (including phenoxy) is 1. The molecule has 1 N–H and O–H groups in total. The maximum absolute atomic E-state index is 9.56. The van der Waals surface area contributed by atoms with Crippen molar-refractivity contribution < 1.29 is 9.84 Å². The monoisotopic (exact) mass is 208 g/mol. The minimum atomic E-state index is -0.149. The van der Waals surface area contributed by atoms with Crippen LogP contribution in [-0.4, -0.2) is 17.8 Å². The quantitative estimate of drug-likeness (QED) is 0.529. The Morgan fingerprint density at radius 1 is 1.13 bits per heavy atom. The molecule has 2 fully saturated rings. The van der Waals surface area contributed by atoms with Gasteiger partial charge < -0.3 is 9.84 Å². The van der Waals surface area contributed by atoms with E-state index in [0.717, 1.165) is 31.3 Å². The molecule has 2 aliphatic rings. The molecule has 1 saturated heterocycles. The van der Waals surface area contributed by atoms with Crippen molar-refractivity contribution in [1.29, 1.82) is 0 Å². The van der Waals surface area contributed by atoms with Crippen LogP contribution in [0.2, 0.25) is 0 Å². The molecule has 84 valence electrons. The summed E-state index contributed by atoms with van der Waals surface area (Å²) in [5.41, 5.74) is 2.54. The summed E-state index contributed by atoms with van der Waals surface area (Å²) in [6, 6.07) is 0. The summed E-state index contributed by atoms with van der Waals surface area (Å²) in [6.07, 6.45) is 7.25. The van der Waals surface area contributed by atoms with Gasteiger partial charge in [-0.2, -0.15) is 0 Å². The molecule has 0 amide bonds. The molecule has 0 radical (unpaired) electrons. The zero-order valence-electron chi connectivity index (χ0n) is 9.24. The molecule has 1 heterocycles. The van der Waals surface area contributed by atoms with Crippen molar-refractivity contribution >= 4 is 0 Å². The lowest BCUT2D eigenvalue weighted by molar-refractivity contribution is 0.000734. The first-order chi connectivity index (χ1) is 7.31. The fraction of sp³-hybridized carbons (Fsp3) is 0.769. The van der Waals surface area contributed by atoms with E-state index in [-0.39, 0.29) is 11.9 Å². The Morgan fingerprint density at radius 2 is 1.80 bits per heavy atom. The first-order valence-electron chi connectivity index (χ1n) is 6.01. The molecule has 15 heavy (non-hydrogen) atoms. The summed E-state index contributed by atoms with van der Waals surface area (Å²) in [4.78, 5) is 0. The number of aliphatic hydroxyl groups is 1. The minimum absolute atomic E-state index is 0.149. The average Bonchev–Trinajstić information content (AvgIpc) is 2.64. The summed E-state index contributed by atoms with van der Waals surface area (Å²) in [5.74, 6) is 1.79. The van der Waals surface area contributed by atoms with Crippen molar-refractivity contribution in [2.45, 2.75) is 44.6 Å². The summed E-state index contributed by atoms with van der Waals surface area (Å²) >= 11 is 0. The smallest absolute Gasteiger partial charge is 0.163 e. The third-order valence-corrected chi connectivity index (χ3v) is 3.86. The molecule has 1 saturated carbocycles. The van der Waals surface area contributed by atoms with Gasteiger partial charge in [-0.1, -0.05) is 31.6 Å². The summed E-state index contributed by atoms with van der Waals surface area (Å²) in [7, 11) is 0. The molecule has 1 unspecified atom stereocenters. The van der Waals surface area contributed by atoms with Gasteiger partial charge >= 0.3 is 0 Å². The van der Waals surface area contributed by atoms with Gasteiger partial charge in [0, 0.05) is 0 Å². The Hall–Kier alpha value is -0.720. The molecule has 0 aromatic rings. The lowest BCUT2D eigenvalue weighted by atomic mass is 9.89. The molecule has 3 atom stereocenters. The lowest BCUT2D eigenvalue weighted by Crippen LogP contribution is -2.25. The molecule has 2 nitrogen and oxygen atoms in total. The predicted octanol–water partition coefficient (Wildman–Crippen LogP) is 3.20. The first-order valence-corrected chi connectivity index (χ1v) is 6.01. The molecular formula is C13H20O2. The van der Waals surface area contributed by atoms with Crippen LogP contribution in [0.3, 0.4) is 0 Å². The van der Waals surface area contributed by atoms with Gasteiger partial charge in [0.25, 0.3) is 0 Å². The first kappa shape index (κ1) is 10.8. The van der Waals surface area contributed by atoms with E-state index in [1.807, 2.05) is 0 Å². The summed E-state index contributed by atoms with van der Waals surface area (Å²) in [6.45, 7) is 4.27. The number of rotatable bonds is 1. The van der Waals surface area contributed by atoms with Crippen LogP contribution in [0.4, 0.5) is 0 Å². The Kier molecular flexibility index (Phi) is 3.50. The van der Waals surface area contributed by atoms with E-state index < -0.39 is 0 Å². The highest BCUT2D eigenvalue weighted by Gasteiger charge is 2.30. The van der Waals surface area contributed by atoms with E-state index in [1.165, 1.54) is 25.7 Å². The summed E-state index contributed by atoms with van der Waals surface area (Å²) < 4.78 is 5.76. The van der Waals surface area contributed by atoms with Crippen molar-refractivity contribution in [3.63, 3.8) is 0 Å². The number of fused-ring (bicyclic) bond motifs is 1. The van der Waals surface area contributed by atoms with Crippen molar-refractivity contribution in [3.05, 3.63) is 18.1 Å². The van der Waals surface area contributed by atoms with Gasteiger partial charge in [-0.05, 0) is 31.1 Å². The Bertz CT molecular complexity index is 266. The fourth-order valence-corrected chi connectivity index (χ4v) is 2.93. The van der Waals surface area contributed by atoms with Crippen LogP contribution in [0.1, 0.15) is 38.5 Å². The van der Waals surface area contributed by atoms with E-state index >= 15 is 0 Å². The SMILES string of the molecule is C=C=C(O)[C@@H]1CCCC2CCC[C@@H]2CO1. The standard InChI is InChI=1S/C13H20O2/c1-2-12(14)13-8-4-6-10-5-3-7-11(10)9-15-13/h10-11,13-14H,1,3-9H2/t10?,11-,13+/m1/s1. The van der Waals surface area contributed by atoms with Crippen molar-refractivity contribution in [3.8, 4) is 0 Å². The van der Waals surface area contributed by atoms with E-state index in [9.17, 15) is 5.11 Å². The second-order valence-electron chi connectivity index (χ2n) is 4.77. The molecule has 1 aliphatic carbocycles. The van der Waals surface area contributed by atoms with Gasteiger partial charge in [0.15, 0.2) is 5.76 Å². The third kappa shape index (κ3) is 2.45. The van der Waals surface area contributed by atoms with Gasteiger partial charge in [-0.15, -0.1) is 0 Å². The maximum Gasteiger partial charge on any atom is 0.163 e. The van der Waals surface area contributed by atoms with E-state index in [0.29, 0.717) is 0 Å². The van der Waals surface area contributed by atoms with Gasteiger partial charge in [0.1, 0.15) is 6.10 Å². The minimum Gasteiger partial charge on any atom is -0.502 e.